The average molecular weight is 252 g/mol. The molecule has 0 aromatic carbocycles. The van der Waals surface area contributed by atoms with E-state index >= 15 is 0 Å². The minimum atomic E-state index is -3.02. The van der Waals surface area contributed by atoms with Gasteiger partial charge in [0.15, 0.2) is 12.4 Å². The van der Waals surface area contributed by atoms with Gasteiger partial charge in [-0.2, -0.15) is 0 Å². The van der Waals surface area contributed by atoms with Gasteiger partial charge in [0.25, 0.3) is 0 Å². The quantitative estimate of drug-likeness (QED) is 0.576. The highest BCUT2D eigenvalue weighted by Crippen LogP contribution is 2.21. The summed E-state index contributed by atoms with van der Waals surface area (Å²) in [4.78, 5) is -1.17. The third kappa shape index (κ3) is 2.62. The minimum Gasteiger partial charge on any atom is -0.377 e. The van der Waals surface area contributed by atoms with E-state index in [0.717, 1.165) is 10.3 Å². The van der Waals surface area contributed by atoms with Gasteiger partial charge < -0.3 is 4.90 Å². The highest BCUT2D eigenvalue weighted by atomic mass is 79.9. The topological polar surface area (TPSA) is 7.12 Å². The Hall–Kier alpha value is -0.710. The molecule has 0 radical (unpaired) electrons. The summed E-state index contributed by atoms with van der Waals surface area (Å²) in [5, 5.41) is 0. The van der Waals surface area contributed by atoms with Crippen molar-refractivity contribution in [1.82, 2.24) is 0 Å². The van der Waals surface area contributed by atoms with E-state index in [0.29, 0.717) is 0 Å². The monoisotopic (exact) mass is 251 g/mol. The van der Waals surface area contributed by atoms with Crippen molar-refractivity contribution in [3.8, 4) is 0 Å². The fourth-order valence-electron chi connectivity index (χ4n) is 0.886. The number of anilines is 1. The Morgan fingerprint density at radius 2 is 1.77 bits per heavy atom. The summed E-state index contributed by atoms with van der Waals surface area (Å²) < 4.78 is 26.1. The van der Waals surface area contributed by atoms with Gasteiger partial charge in [-0.25, -0.2) is 0 Å². The van der Waals surface area contributed by atoms with E-state index in [1.165, 1.54) is 12.4 Å². The molecule has 0 amide bonds. The Morgan fingerprint density at radius 3 is 2.08 bits per heavy atom. The number of hydrogen-bond acceptors (Lipinski definition) is 1. The zero-order valence-corrected chi connectivity index (χ0v) is 8.92. The van der Waals surface area contributed by atoms with Crippen molar-refractivity contribution in [2.24, 2.45) is 0 Å². The van der Waals surface area contributed by atoms with Crippen LogP contribution in [0.4, 0.5) is 14.5 Å². The van der Waals surface area contributed by atoms with E-state index in [1.54, 1.807) is 12.1 Å². The number of hydrogen-bond donors (Lipinski definition) is 0. The Labute approximate surface area is 83.9 Å². The lowest BCUT2D eigenvalue weighted by atomic mass is 10.4. The van der Waals surface area contributed by atoms with Crippen LogP contribution >= 0.6 is 15.9 Å². The van der Waals surface area contributed by atoms with Gasteiger partial charge in [0, 0.05) is 31.9 Å². The predicted molar refractivity (Wildman–Crippen MR) is 50.1 cm³/mol. The molecule has 0 aliphatic carbocycles. The van der Waals surface area contributed by atoms with Gasteiger partial charge in [0.1, 0.15) is 0 Å². The molecule has 13 heavy (non-hydrogen) atoms. The SMILES string of the molecule is CN(C)c1cc[n+](C(F)(F)Br)cc1. The fraction of sp³-hybridized carbons (Fsp3) is 0.375. The summed E-state index contributed by atoms with van der Waals surface area (Å²) in [7, 11) is 3.71. The molecule has 2 nitrogen and oxygen atoms in total. The van der Waals surface area contributed by atoms with Gasteiger partial charge >= 0.3 is 4.96 Å². The molecule has 1 aromatic rings. The van der Waals surface area contributed by atoms with Crippen molar-refractivity contribution in [2.75, 3.05) is 19.0 Å². The molecular weight excluding hydrogens is 242 g/mol. The van der Waals surface area contributed by atoms with Gasteiger partial charge in [-0.05, 0) is 0 Å². The van der Waals surface area contributed by atoms with Crippen molar-refractivity contribution in [3.63, 3.8) is 0 Å². The van der Waals surface area contributed by atoms with Gasteiger partial charge in [-0.1, -0.05) is 0 Å². The first-order valence-corrected chi connectivity index (χ1v) is 4.46. The Bertz CT molecular complexity index is 279. The van der Waals surface area contributed by atoms with E-state index < -0.39 is 4.96 Å². The van der Waals surface area contributed by atoms with Gasteiger partial charge in [0.2, 0.25) is 0 Å². The van der Waals surface area contributed by atoms with Gasteiger partial charge in [-0.3, -0.25) is 0 Å². The van der Waals surface area contributed by atoms with Crippen molar-refractivity contribution in [3.05, 3.63) is 24.5 Å². The number of halogens is 3. The number of pyridine rings is 1. The zero-order valence-electron chi connectivity index (χ0n) is 7.34. The van der Waals surface area contributed by atoms with Crippen LogP contribution in [0.3, 0.4) is 0 Å². The molecule has 5 heteroatoms. The molecule has 0 bridgehead atoms. The molecule has 0 spiro atoms. The smallest absolute Gasteiger partial charge is 0.377 e. The summed E-state index contributed by atoms with van der Waals surface area (Å²) in [5.74, 6) is 0. The third-order valence-corrected chi connectivity index (χ3v) is 2.03. The second-order valence-corrected chi connectivity index (χ2v) is 3.78. The Kier molecular flexibility index (Phi) is 2.85. The first-order valence-electron chi connectivity index (χ1n) is 3.67. The summed E-state index contributed by atoms with van der Waals surface area (Å²) >= 11 is 2.26. The highest BCUT2D eigenvalue weighted by Gasteiger charge is 2.35. The van der Waals surface area contributed by atoms with Gasteiger partial charge in [-0.15, -0.1) is 13.3 Å². The molecule has 0 saturated heterocycles. The maximum Gasteiger partial charge on any atom is 0.521 e. The van der Waals surface area contributed by atoms with Crippen molar-refractivity contribution >= 4 is 21.6 Å². The Morgan fingerprint density at radius 1 is 1.31 bits per heavy atom. The van der Waals surface area contributed by atoms with Crippen LogP contribution < -0.4 is 9.47 Å². The van der Waals surface area contributed by atoms with Crippen molar-refractivity contribution in [1.29, 1.82) is 0 Å². The molecule has 1 aromatic heterocycles. The van der Waals surface area contributed by atoms with Crippen LogP contribution in [0.5, 0.6) is 0 Å². The van der Waals surface area contributed by atoms with Crippen LogP contribution in [-0.2, 0) is 4.96 Å². The van der Waals surface area contributed by atoms with E-state index in [-0.39, 0.29) is 0 Å². The zero-order chi connectivity index (χ0) is 10.1. The molecule has 0 N–H and O–H groups in total. The van der Waals surface area contributed by atoms with Crippen LogP contribution in [0, 0.1) is 0 Å². The number of aromatic nitrogens is 1. The van der Waals surface area contributed by atoms with E-state index in [9.17, 15) is 8.78 Å². The number of alkyl halides is 3. The lowest BCUT2D eigenvalue weighted by molar-refractivity contribution is -0.788. The third-order valence-electron chi connectivity index (χ3n) is 1.62. The maximum atomic E-state index is 12.7. The van der Waals surface area contributed by atoms with E-state index in [1.807, 2.05) is 19.0 Å². The molecule has 72 valence electrons. The van der Waals surface area contributed by atoms with Crippen LogP contribution in [0.1, 0.15) is 0 Å². The standard InChI is InChI=1S/C8H10BrF2N2/c1-12(2)7-3-5-13(6-4-7)8(9,10)11/h3-6H,1-2H3/q+1. The van der Waals surface area contributed by atoms with Crippen molar-refractivity contribution in [2.45, 2.75) is 4.96 Å². The normalized spacial score (nSPS) is 11.5. The van der Waals surface area contributed by atoms with E-state index in [4.69, 9.17) is 0 Å². The van der Waals surface area contributed by atoms with Crippen LogP contribution in [-0.4, -0.2) is 14.1 Å². The lowest BCUT2D eigenvalue weighted by Crippen LogP contribution is -2.45. The first-order chi connectivity index (χ1) is 5.91. The molecule has 0 saturated carbocycles. The summed E-state index contributed by atoms with van der Waals surface area (Å²) in [6.45, 7) is 0. The van der Waals surface area contributed by atoms with Crippen LogP contribution in [0.2, 0.25) is 0 Å². The molecule has 1 rings (SSSR count). The number of rotatable bonds is 2. The minimum absolute atomic E-state index is 0.792. The summed E-state index contributed by atoms with van der Waals surface area (Å²) in [6.07, 6.45) is 2.65. The average Bonchev–Trinajstić information content (AvgIpc) is 2.03. The van der Waals surface area contributed by atoms with Crippen LogP contribution in [0.15, 0.2) is 24.5 Å². The molecule has 0 aliphatic rings. The molecule has 1 heterocycles. The predicted octanol–water partition coefficient (Wildman–Crippen LogP) is 1.94. The number of nitrogens with zero attached hydrogens (tertiary/aromatic N) is 2. The highest BCUT2D eigenvalue weighted by molar-refractivity contribution is 9.09. The first kappa shape index (κ1) is 10.4. The van der Waals surface area contributed by atoms with Gasteiger partial charge in [0.05, 0.1) is 15.9 Å². The summed E-state index contributed by atoms with van der Waals surface area (Å²) in [6, 6.07) is 3.24. The van der Waals surface area contributed by atoms with Crippen LogP contribution in [0.25, 0.3) is 0 Å². The largest absolute Gasteiger partial charge is 0.521 e. The maximum absolute atomic E-state index is 12.7. The fourth-order valence-corrected chi connectivity index (χ4v) is 1.12. The Balaban J connectivity index is 2.94. The molecular formula is C8H10BrF2N2+. The lowest BCUT2D eigenvalue weighted by Gasteiger charge is -2.11. The second-order valence-electron chi connectivity index (χ2n) is 2.83. The van der Waals surface area contributed by atoms with Crippen molar-refractivity contribution < 1.29 is 13.3 Å². The molecule has 0 unspecified atom stereocenters. The second kappa shape index (κ2) is 3.57. The molecule has 0 atom stereocenters. The molecule has 0 aliphatic heterocycles. The summed E-state index contributed by atoms with van der Waals surface area (Å²) in [5.41, 5.74) is 0.882. The molecule has 0 fully saturated rings. The van der Waals surface area contributed by atoms with E-state index in [2.05, 4.69) is 15.9 Å².